The summed E-state index contributed by atoms with van der Waals surface area (Å²) in [5, 5.41) is 0. The first-order chi connectivity index (χ1) is 18.2. The minimum absolute atomic E-state index is 0.690. The molecule has 37 heavy (non-hydrogen) atoms. The van der Waals surface area contributed by atoms with Crippen molar-refractivity contribution in [2.45, 2.75) is 126 Å². The van der Waals surface area contributed by atoms with E-state index in [0.29, 0.717) is 3.92 Å². The molecule has 0 nitrogen and oxygen atoms in total. The van der Waals surface area contributed by atoms with Crippen LogP contribution in [0.4, 0.5) is 0 Å². The van der Waals surface area contributed by atoms with Crippen molar-refractivity contribution in [1.29, 1.82) is 0 Å². The molecule has 3 fully saturated rings. The SMILES string of the molecule is CC1=CC2CC(C3CCC(C4CCCCC4)CC3)CCC2C(C(I)/C=C\C2CC=CCC2)CCCC=C1. The highest BCUT2D eigenvalue weighted by molar-refractivity contribution is 14.1. The number of hydrogen-bond donors (Lipinski definition) is 0. The molecule has 0 aromatic heterocycles. The lowest BCUT2D eigenvalue weighted by atomic mass is 9.61. The van der Waals surface area contributed by atoms with Gasteiger partial charge in [0.2, 0.25) is 0 Å². The topological polar surface area (TPSA) is 0 Å². The molecule has 0 spiro atoms. The van der Waals surface area contributed by atoms with Gasteiger partial charge in [0.1, 0.15) is 0 Å². The van der Waals surface area contributed by atoms with Crippen LogP contribution in [0.5, 0.6) is 0 Å². The average Bonchev–Trinajstić information content (AvgIpc) is 2.95. The van der Waals surface area contributed by atoms with E-state index in [9.17, 15) is 0 Å². The van der Waals surface area contributed by atoms with Crippen molar-refractivity contribution in [2.24, 2.45) is 47.3 Å². The molecule has 0 radical (unpaired) electrons. The number of alkyl halides is 1. The van der Waals surface area contributed by atoms with E-state index in [1.165, 1.54) is 82.6 Å². The zero-order valence-corrected chi connectivity index (χ0v) is 26.0. The molecular weight excluding hydrogens is 559 g/mol. The van der Waals surface area contributed by atoms with Gasteiger partial charge in [0, 0.05) is 3.92 Å². The van der Waals surface area contributed by atoms with Crippen molar-refractivity contribution in [1.82, 2.24) is 0 Å². The second-order valence-electron chi connectivity index (χ2n) is 13.8. The van der Waals surface area contributed by atoms with Gasteiger partial charge in [0.05, 0.1) is 0 Å². The molecule has 0 aromatic carbocycles. The highest BCUT2D eigenvalue weighted by Gasteiger charge is 2.40. The fraction of sp³-hybridized carbons (Fsp3) is 0.778. The molecule has 0 N–H and O–H groups in total. The van der Waals surface area contributed by atoms with Crippen molar-refractivity contribution >= 4 is 22.6 Å². The maximum Gasteiger partial charge on any atom is 0.0320 e. The molecule has 0 amide bonds. The molecule has 3 saturated carbocycles. The first-order valence-electron chi connectivity index (χ1n) is 16.5. The van der Waals surface area contributed by atoms with Gasteiger partial charge in [-0.15, -0.1) is 0 Å². The fourth-order valence-corrected chi connectivity index (χ4v) is 10.4. The molecule has 0 aliphatic heterocycles. The van der Waals surface area contributed by atoms with Gasteiger partial charge in [-0.2, -0.15) is 0 Å². The molecule has 6 atom stereocenters. The Balaban J connectivity index is 1.23. The number of hydrogen-bond acceptors (Lipinski definition) is 0. The number of halogens is 1. The summed E-state index contributed by atoms with van der Waals surface area (Å²) in [6.07, 6.45) is 43.9. The van der Waals surface area contributed by atoms with Gasteiger partial charge in [0.25, 0.3) is 0 Å². The quantitative estimate of drug-likeness (QED) is 0.164. The van der Waals surface area contributed by atoms with Crippen LogP contribution >= 0.6 is 22.6 Å². The Hall–Kier alpha value is -0.310. The smallest absolute Gasteiger partial charge is 0.0320 e. The van der Waals surface area contributed by atoms with E-state index in [1.807, 2.05) is 0 Å². The van der Waals surface area contributed by atoms with Gasteiger partial charge in [0.15, 0.2) is 0 Å². The van der Waals surface area contributed by atoms with Crippen molar-refractivity contribution in [3.8, 4) is 0 Å². The summed E-state index contributed by atoms with van der Waals surface area (Å²) >= 11 is 2.83. The largest absolute Gasteiger partial charge is 0.0885 e. The molecule has 0 bridgehead atoms. The van der Waals surface area contributed by atoms with Crippen LogP contribution in [-0.4, -0.2) is 3.92 Å². The predicted molar refractivity (Wildman–Crippen MR) is 170 cm³/mol. The van der Waals surface area contributed by atoms with Crippen molar-refractivity contribution in [3.63, 3.8) is 0 Å². The molecular formula is C36H55I. The zero-order valence-electron chi connectivity index (χ0n) is 23.8. The molecule has 6 unspecified atom stereocenters. The Morgan fingerprint density at radius 2 is 1.46 bits per heavy atom. The molecule has 0 saturated heterocycles. The van der Waals surface area contributed by atoms with Crippen LogP contribution in [0.3, 0.4) is 0 Å². The summed E-state index contributed by atoms with van der Waals surface area (Å²) in [5.41, 5.74) is 1.53. The maximum atomic E-state index is 2.83. The first-order valence-corrected chi connectivity index (χ1v) is 17.7. The third-order valence-corrected chi connectivity index (χ3v) is 12.7. The van der Waals surface area contributed by atoms with Crippen molar-refractivity contribution < 1.29 is 0 Å². The lowest BCUT2D eigenvalue weighted by molar-refractivity contribution is 0.0797. The van der Waals surface area contributed by atoms with Crippen LogP contribution in [0.15, 0.2) is 48.1 Å². The minimum Gasteiger partial charge on any atom is -0.0885 e. The molecule has 0 aromatic rings. The highest BCUT2D eigenvalue weighted by atomic mass is 127. The molecule has 5 aliphatic carbocycles. The summed E-state index contributed by atoms with van der Waals surface area (Å²) in [5.74, 6) is 7.47. The molecule has 206 valence electrons. The highest BCUT2D eigenvalue weighted by Crippen LogP contribution is 2.50. The van der Waals surface area contributed by atoms with Gasteiger partial charge < -0.3 is 0 Å². The van der Waals surface area contributed by atoms with Gasteiger partial charge >= 0.3 is 0 Å². The van der Waals surface area contributed by atoms with Gasteiger partial charge in [-0.25, -0.2) is 0 Å². The Morgan fingerprint density at radius 3 is 2.22 bits per heavy atom. The van der Waals surface area contributed by atoms with E-state index in [4.69, 9.17) is 0 Å². The van der Waals surface area contributed by atoms with E-state index in [-0.39, 0.29) is 0 Å². The number of fused-ring (bicyclic) bond motifs is 1. The van der Waals surface area contributed by atoms with Gasteiger partial charge in [-0.1, -0.05) is 103 Å². The summed E-state index contributed by atoms with van der Waals surface area (Å²) in [4.78, 5) is 0. The van der Waals surface area contributed by atoms with Gasteiger partial charge in [-0.3, -0.25) is 0 Å². The summed E-state index contributed by atoms with van der Waals surface area (Å²) in [6.45, 7) is 2.38. The van der Waals surface area contributed by atoms with Crippen LogP contribution in [-0.2, 0) is 0 Å². The molecule has 5 rings (SSSR count). The number of rotatable bonds is 5. The van der Waals surface area contributed by atoms with E-state index >= 15 is 0 Å². The standard InChI is InChI=1S/C36H55I/c1-27-11-5-2-10-16-35(36(37)24-17-28-12-6-3-7-13-28)34-23-22-32(26-33(34)25-27)31-20-18-30(19-21-31)29-14-8-4-9-15-29/h3,5-6,11,17,24-25,28-36H,2,4,7-10,12-16,18-23,26H2,1H3/b11-5?,24-17-,27-25?. The first kappa shape index (κ1) is 28.2. The van der Waals surface area contributed by atoms with E-state index in [0.717, 1.165) is 47.3 Å². The normalized spacial score (nSPS) is 39.2. The second-order valence-corrected chi connectivity index (χ2v) is 15.2. The summed E-state index contributed by atoms with van der Waals surface area (Å²) < 4.78 is 0.690. The Morgan fingerprint density at radius 1 is 0.730 bits per heavy atom. The van der Waals surface area contributed by atoms with E-state index in [2.05, 4.69) is 72.0 Å². The Bertz CT molecular complexity index is 803. The van der Waals surface area contributed by atoms with Crippen LogP contribution in [0.25, 0.3) is 0 Å². The molecule has 5 aliphatic rings. The lowest BCUT2D eigenvalue weighted by Gasteiger charge is -2.45. The maximum absolute atomic E-state index is 2.83. The average molecular weight is 615 g/mol. The lowest BCUT2D eigenvalue weighted by Crippen LogP contribution is -2.36. The fourth-order valence-electron chi connectivity index (χ4n) is 9.25. The second kappa shape index (κ2) is 14.4. The van der Waals surface area contributed by atoms with Gasteiger partial charge in [-0.05, 0) is 138 Å². The number of allylic oxidation sites excluding steroid dienone is 8. The monoisotopic (exact) mass is 614 g/mol. The Kier molecular flexibility index (Phi) is 11.0. The van der Waals surface area contributed by atoms with Crippen LogP contribution in [0.1, 0.15) is 122 Å². The predicted octanol–water partition coefficient (Wildman–Crippen LogP) is 11.4. The van der Waals surface area contributed by atoms with E-state index in [1.54, 1.807) is 38.5 Å². The van der Waals surface area contributed by atoms with E-state index < -0.39 is 0 Å². The van der Waals surface area contributed by atoms with Crippen molar-refractivity contribution in [3.05, 3.63) is 48.1 Å². The van der Waals surface area contributed by atoms with Crippen molar-refractivity contribution in [2.75, 3.05) is 0 Å². The van der Waals surface area contributed by atoms with Crippen LogP contribution < -0.4 is 0 Å². The third-order valence-electron chi connectivity index (χ3n) is 11.4. The third kappa shape index (κ3) is 7.88. The minimum atomic E-state index is 0.690. The molecule has 1 heteroatoms. The van der Waals surface area contributed by atoms with Crippen LogP contribution in [0, 0.1) is 47.3 Å². The van der Waals surface area contributed by atoms with Crippen LogP contribution in [0.2, 0.25) is 0 Å². The summed E-state index contributed by atoms with van der Waals surface area (Å²) in [7, 11) is 0. The summed E-state index contributed by atoms with van der Waals surface area (Å²) in [6, 6.07) is 0. The zero-order chi connectivity index (χ0) is 25.5. The molecule has 0 heterocycles. The Labute approximate surface area is 243 Å².